The number of benzene rings is 2. The predicted molar refractivity (Wildman–Crippen MR) is 112 cm³/mol. The maximum Gasteiger partial charge on any atom is 0.243 e. The molecule has 0 atom stereocenters. The van der Waals surface area contributed by atoms with Gasteiger partial charge in [-0.3, -0.25) is 4.79 Å². The van der Waals surface area contributed by atoms with Crippen LogP contribution in [0.5, 0.6) is 0 Å². The zero-order valence-corrected chi connectivity index (χ0v) is 17.2. The molecule has 0 spiro atoms. The van der Waals surface area contributed by atoms with Crippen LogP contribution in [0.15, 0.2) is 47.4 Å². The van der Waals surface area contributed by atoms with Gasteiger partial charge in [-0.25, -0.2) is 8.42 Å². The van der Waals surface area contributed by atoms with Gasteiger partial charge in [-0.1, -0.05) is 24.6 Å². The summed E-state index contributed by atoms with van der Waals surface area (Å²) in [6, 6.07) is 12.8. The molecule has 0 aliphatic carbocycles. The highest BCUT2D eigenvalue weighted by atomic mass is 32.2. The van der Waals surface area contributed by atoms with Crippen molar-refractivity contribution >= 4 is 27.3 Å². The van der Waals surface area contributed by atoms with Gasteiger partial charge >= 0.3 is 0 Å². The van der Waals surface area contributed by atoms with E-state index in [0.717, 1.165) is 30.5 Å². The van der Waals surface area contributed by atoms with Gasteiger partial charge in [0.05, 0.1) is 11.4 Å². The van der Waals surface area contributed by atoms with Gasteiger partial charge in [0.25, 0.3) is 0 Å². The van der Waals surface area contributed by atoms with Crippen LogP contribution in [0.1, 0.15) is 30.4 Å². The predicted octanol–water partition coefficient (Wildman–Crippen LogP) is 3.53. The molecule has 1 amide bonds. The highest BCUT2D eigenvalue weighted by Crippen LogP contribution is 2.26. The number of hydrogen-bond acceptors (Lipinski definition) is 4. The summed E-state index contributed by atoms with van der Waals surface area (Å²) in [6.45, 7) is 4.95. The Morgan fingerprint density at radius 1 is 1.00 bits per heavy atom. The third-order valence-electron chi connectivity index (χ3n) is 4.88. The summed E-state index contributed by atoms with van der Waals surface area (Å²) in [5, 5.41) is 5.86. The minimum atomic E-state index is -3.51. The van der Waals surface area contributed by atoms with Gasteiger partial charge in [0.15, 0.2) is 0 Å². The average Bonchev–Trinajstić information content (AvgIpc) is 2.68. The molecular weight excluding hydrogens is 374 g/mol. The Balaban J connectivity index is 1.68. The minimum absolute atomic E-state index is 0.0558. The monoisotopic (exact) mass is 401 g/mol. The average molecular weight is 402 g/mol. The zero-order chi connectivity index (χ0) is 20.1. The number of aryl methyl sites for hydroxylation is 2. The Morgan fingerprint density at radius 2 is 1.75 bits per heavy atom. The Labute approximate surface area is 167 Å². The van der Waals surface area contributed by atoms with Crippen LogP contribution in [-0.4, -0.2) is 38.3 Å². The summed E-state index contributed by atoms with van der Waals surface area (Å²) in [7, 11) is -3.51. The first-order chi connectivity index (χ1) is 13.4. The second-order valence-electron chi connectivity index (χ2n) is 7.22. The summed E-state index contributed by atoms with van der Waals surface area (Å²) in [5.41, 5.74) is 3.13. The lowest BCUT2D eigenvalue weighted by Gasteiger charge is -2.26. The highest BCUT2D eigenvalue weighted by molar-refractivity contribution is 7.89. The van der Waals surface area contributed by atoms with Crippen molar-refractivity contribution in [3.8, 4) is 0 Å². The number of rotatable bonds is 6. The number of carbonyl (C=O) groups excluding carboxylic acids is 1. The van der Waals surface area contributed by atoms with Gasteiger partial charge in [0.2, 0.25) is 15.9 Å². The molecule has 0 unspecified atom stereocenters. The van der Waals surface area contributed by atoms with E-state index in [4.69, 9.17) is 0 Å². The lowest BCUT2D eigenvalue weighted by molar-refractivity contribution is -0.114. The smallest absolute Gasteiger partial charge is 0.243 e. The molecule has 150 valence electrons. The number of nitrogens with one attached hydrogen (secondary N) is 2. The van der Waals surface area contributed by atoms with Crippen LogP contribution in [0.2, 0.25) is 0 Å². The summed E-state index contributed by atoms with van der Waals surface area (Å²) < 4.78 is 27.5. The van der Waals surface area contributed by atoms with Gasteiger partial charge in [-0.05, 0) is 62.1 Å². The zero-order valence-electron chi connectivity index (χ0n) is 16.4. The van der Waals surface area contributed by atoms with Crippen molar-refractivity contribution in [2.24, 2.45) is 0 Å². The van der Waals surface area contributed by atoms with E-state index in [1.54, 1.807) is 29.4 Å². The summed E-state index contributed by atoms with van der Waals surface area (Å²) in [4.78, 5) is 12.5. The maximum absolute atomic E-state index is 13.0. The van der Waals surface area contributed by atoms with Crippen molar-refractivity contribution in [1.82, 2.24) is 4.31 Å². The van der Waals surface area contributed by atoms with E-state index < -0.39 is 10.0 Å². The molecular formula is C21H27N3O3S. The maximum atomic E-state index is 13.0. The number of carbonyl (C=O) groups is 1. The van der Waals surface area contributed by atoms with Gasteiger partial charge in [-0.15, -0.1) is 0 Å². The van der Waals surface area contributed by atoms with E-state index in [0.29, 0.717) is 29.2 Å². The van der Waals surface area contributed by atoms with E-state index in [1.165, 1.54) is 0 Å². The van der Waals surface area contributed by atoms with E-state index in [1.807, 2.05) is 31.2 Å². The molecule has 6 nitrogen and oxygen atoms in total. The topological polar surface area (TPSA) is 78.5 Å². The summed E-state index contributed by atoms with van der Waals surface area (Å²) >= 11 is 0. The normalized spacial score (nSPS) is 15.2. The molecule has 2 aromatic carbocycles. The molecule has 0 bridgehead atoms. The van der Waals surface area contributed by atoms with Crippen molar-refractivity contribution in [2.45, 2.75) is 38.0 Å². The molecule has 1 aliphatic heterocycles. The van der Waals surface area contributed by atoms with E-state index >= 15 is 0 Å². The molecule has 2 aromatic rings. The molecule has 1 heterocycles. The van der Waals surface area contributed by atoms with Crippen LogP contribution in [0, 0.1) is 13.8 Å². The largest absolute Gasteiger partial charge is 0.376 e. The Kier molecular flexibility index (Phi) is 6.36. The first-order valence-corrected chi connectivity index (χ1v) is 11.0. The lowest BCUT2D eigenvalue weighted by atomic mass is 10.2. The van der Waals surface area contributed by atoms with Crippen LogP contribution in [0.4, 0.5) is 11.4 Å². The number of nitrogens with zero attached hydrogens (tertiary/aromatic N) is 1. The summed E-state index contributed by atoms with van der Waals surface area (Å²) in [5.74, 6) is -0.188. The fourth-order valence-corrected chi connectivity index (χ4v) is 5.11. The first-order valence-electron chi connectivity index (χ1n) is 9.57. The van der Waals surface area contributed by atoms with E-state index in [-0.39, 0.29) is 12.5 Å². The third-order valence-corrected chi connectivity index (χ3v) is 6.92. The van der Waals surface area contributed by atoms with Crippen LogP contribution < -0.4 is 10.6 Å². The van der Waals surface area contributed by atoms with Crippen LogP contribution >= 0.6 is 0 Å². The highest BCUT2D eigenvalue weighted by Gasteiger charge is 2.27. The summed E-state index contributed by atoms with van der Waals surface area (Å²) in [6.07, 6.45) is 2.87. The third kappa shape index (κ3) is 4.91. The van der Waals surface area contributed by atoms with Crippen molar-refractivity contribution in [2.75, 3.05) is 30.3 Å². The number of sulfonamides is 1. The molecule has 0 aromatic heterocycles. The molecule has 7 heteroatoms. The molecule has 3 rings (SSSR count). The minimum Gasteiger partial charge on any atom is -0.376 e. The SMILES string of the molecule is Cc1cccc(NC(=O)CNc2ccc(C)c(S(=O)(=O)N3CCCCC3)c2)c1. The van der Waals surface area contributed by atoms with Gasteiger partial charge in [0.1, 0.15) is 0 Å². The number of anilines is 2. The standard InChI is InChI=1S/C21H27N3O3S/c1-16-7-6-8-19(13-16)23-21(25)15-22-18-10-9-17(2)20(14-18)28(26,27)24-11-4-3-5-12-24/h6-10,13-14,22H,3-5,11-12,15H2,1-2H3,(H,23,25). The Hall–Kier alpha value is -2.38. The van der Waals surface area contributed by atoms with E-state index in [2.05, 4.69) is 10.6 Å². The molecule has 0 saturated carbocycles. The number of hydrogen-bond donors (Lipinski definition) is 2. The van der Waals surface area contributed by atoms with Crippen molar-refractivity contribution in [1.29, 1.82) is 0 Å². The number of amides is 1. The Bertz CT molecular complexity index is 951. The molecule has 1 fully saturated rings. The molecule has 28 heavy (non-hydrogen) atoms. The first kappa shape index (κ1) is 20.4. The second kappa shape index (κ2) is 8.75. The second-order valence-corrected chi connectivity index (χ2v) is 9.12. The van der Waals surface area contributed by atoms with Crippen molar-refractivity contribution < 1.29 is 13.2 Å². The van der Waals surface area contributed by atoms with Crippen LogP contribution in [0.3, 0.4) is 0 Å². The molecule has 1 aliphatic rings. The van der Waals surface area contributed by atoms with Gasteiger partial charge in [-0.2, -0.15) is 4.31 Å². The fourth-order valence-electron chi connectivity index (χ4n) is 3.34. The van der Waals surface area contributed by atoms with Crippen molar-refractivity contribution in [3.63, 3.8) is 0 Å². The number of piperidine rings is 1. The van der Waals surface area contributed by atoms with Gasteiger partial charge < -0.3 is 10.6 Å². The molecule has 0 radical (unpaired) electrons. The molecule has 1 saturated heterocycles. The van der Waals surface area contributed by atoms with E-state index in [9.17, 15) is 13.2 Å². The molecule has 2 N–H and O–H groups in total. The van der Waals surface area contributed by atoms with Gasteiger partial charge in [0, 0.05) is 24.5 Å². The van der Waals surface area contributed by atoms with Crippen LogP contribution in [0.25, 0.3) is 0 Å². The quantitative estimate of drug-likeness (QED) is 0.776. The van der Waals surface area contributed by atoms with Crippen LogP contribution in [-0.2, 0) is 14.8 Å². The fraction of sp³-hybridized carbons (Fsp3) is 0.381. The lowest BCUT2D eigenvalue weighted by Crippen LogP contribution is -2.36. The van der Waals surface area contributed by atoms with Crippen molar-refractivity contribution in [3.05, 3.63) is 53.6 Å². The Morgan fingerprint density at radius 3 is 2.46 bits per heavy atom.